The van der Waals surface area contributed by atoms with Gasteiger partial charge in [0.2, 0.25) is 5.91 Å². The van der Waals surface area contributed by atoms with Gasteiger partial charge in [-0.3, -0.25) is 4.79 Å². The Morgan fingerprint density at radius 3 is 2.28 bits per heavy atom. The molecule has 2 bridgehead atoms. The molecule has 2 saturated heterocycles. The first-order valence-electron chi connectivity index (χ1n) is 7.81. The molecule has 2 aliphatic rings. The summed E-state index contributed by atoms with van der Waals surface area (Å²) in [6.07, 6.45) is 8.19. The van der Waals surface area contributed by atoms with Gasteiger partial charge in [-0.15, -0.1) is 0 Å². The number of nitrogens with one attached hydrogen (secondary N) is 1. The molecule has 3 heteroatoms. The van der Waals surface area contributed by atoms with Crippen molar-refractivity contribution in [3.63, 3.8) is 0 Å². The average molecular weight is 252 g/mol. The second-order valence-corrected chi connectivity index (χ2v) is 5.92. The fourth-order valence-electron chi connectivity index (χ4n) is 3.36. The average Bonchev–Trinajstić information content (AvgIpc) is 3.00. The number of hydrogen-bond donors (Lipinski definition) is 1. The molecular weight excluding hydrogens is 224 g/mol. The molecule has 1 amide bonds. The number of carbonyl (C=O) groups excluding carboxylic acids is 1. The van der Waals surface area contributed by atoms with Crippen molar-refractivity contribution < 1.29 is 4.79 Å². The lowest BCUT2D eigenvalue weighted by Gasteiger charge is -2.28. The van der Waals surface area contributed by atoms with Crippen molar-refractivity contribution in [3.8, 4) is 0 Å². The minimum Gasteiger partial charge on any atom is -0.342 e. The molecule has 18 heavy (non-hydrogen) atoms. The molecule has 0 aromatic carbocycles. The zero-order valence-corrected chi connectivity index (χ0v) is 12.0. The fourth-order valence-corrected chi connectivity index (χ4v) is 3.36. The highest BCUT2D eigenvalue weighted by Gasteiger charge is 2.43. The monoisotopic (exact) mass is 252 g/mol. The normalized spacial score (nSPS) is 29.8. The minimum atomic E-state index is 0.275. The Morgan fingerprint density at radius 1 is 1.17 bits per heavy atom. The molecule has 2 rings (SSSR count). The van der Waals surface area contributed by atoms with E-state index in [0.717, 1.165) is 32.4 Å². The summed E-state index contributed by atoms with van der Waals surface area (Å²) >= 11 is 0. The molecule has 2 heterocycles. The van der Waals surface area contributed by atoms with Crippen LogP contribution in [0.25, 0.3) is 0 Å². The van der Waals surface area contributed by atoms with Crippen molar-refractivity contribution in [3.05, 3.63) is 0 Å². The lowest BCUT2D eigenvalue weighted by Crippen LogP contribution is -2.41. The Hall–Kier alpha value is -0.570. The first-order chi connectivity index (χ1) is 8.76. The van der Waals surface area contributed by atoms with Gasteiger partial charge >= 0.3 is 0 Å². The van der Waals surface area contributed by atoms with Gasteiger partial charge in [-0.2, -0.15) is 0 Å². The molecule has 0 aromatic rings. The molecular formula is C15H28N2O. The van der Waals surface area contributed by atoms with Crippen molar-refractivity contribution in [2.45, 2.75) is 70.9 Å². The predicted molar refractivity (Wildman–Crippen MR) is 74.4 cm³/mol. The van der Waals surface area contributed by atoms with Crippen molar-refractivity contribution in [2.24, 2.45) is 5.92 Å². The maximum atomic E-state index is 12.6. The van der Waals surface area contributed by atoms with E-state index in [1.54, 1.807) is 0 Å². The molecule has 1 N–H and O–H groups in total. The highest BCUT2D eigenvalue weighted by Crippen LogP contribution is 2.34. The fraction of sp³-hybridized carbons (Fsp3) is 0.933. The Morgan fingerprint density at radius 2 is 1.83 bits per heavy atom. The van der Waals surface area contributed by atoms with Crippen molar-refractivity contribution in [1.82, 2.24) is 10.2 Å². The van der Waals surface area contributed by atoms with E-state index in [4.69, 9.17) is 0 Å². The van der Waals surface area contributed by atoms with Gasteiger partial charge in [-0.25, -0.2) is 0 Å². The number of unbranched alkanes of at least 4 members (excludes halogenated alkanes) is 2. The van der Waals surface area contributed by atoms with E-state index in [-0.39, 0.29) is 5.92 Å². The SMILES string of the molecule is CCCCN(CCCC)C(=O)C1CC2CCC1N2. The Bertz CT molecular complexity index is 272. The van der Waals surface area contributed by atoms with E-state index in [2.05, 4.69) is 24.1 Å². The number of hydrogen-bond acceptors (Lipinski definition) is 2. The second-order valence-electron chi connectivity index (χ2n) is 5.92. The van der Waals surface area contributed by atoms with Crippen LogP contribution < -0.4 is 5.32 Å². The summed E-state index contributed by atoms with van der Waals surface area (Å²) in [4.78, 5) is 14.8. The van der Waals surface area contributed by atoms with Gasteiger partial charge in [0, 0.05) is 25.2 Å². The van der Waals surface area contributed by atoms with Crippen LogP contribution >= 0.6 is 0 Å². The van der Waals surface area contributed by atoms with Crippen LogP contribution in [-0.2, 0) is 4.79 Å². The Balaban J connectivity index is 1.89. The zero-order chi connectivity index (χ0) is 13.0. The van der Waals surface area contributed by atoms with E-state index in [1.807, 2.05) is 0 Å². The summed E-state index contributed by atoms with van der Waals surface area (Å²) in [6.45, 7) is 6.32. The predicted octanol–water partition coefficient (Wildman–Crippen LogP) is 2.56. The molecule has 2 aliphatic heterocycles. The summed E-state index contributed by atoms with van der Waals surface area (Å²) < 4.78 is 0. The van der Waals surface area contributed by atoms with Crippen LogP contribution in [0, 0.1) is 5.92 Å². The maximum Gasteiger partial charge on any atom is 0.227 e. The molecule has 3 unspecified atom stereocenters. The number of amides is 1. The number of fused-ring (bicyclic) bond motifs is 2. The van der Waals surface area contributed by atoms with Crippen LogP contribution in [0.2, 0.25) is 0 Å². The van der Waals surface area contributed by atoms with Gasteiger partial charge in [0.1, 0.15) is 0 Å². The first kappa shape index (κ1) is 13.9. The van der Waals surface area contributed by atoms with Gasteiger partial charge in [0.05, 0.1) is 5.92 Å². The molecule has 3 atom stereocenters. The van der Waals surface area contributed by atoms with Crippen molar-refractivity contribution >= 4 is 5.91 Å². The molecule has 104 valence electrons. The highest BCUT2D eigenvalue weighted by atomic mass is 16.2. The maximum absolute atomic E-state index is 12.6. The molecule has 0 saturated carbocycles. The molecule has 3 nitrogen and oxygen atoms in total. The van der Waals surface area contributed by atoms with Gasteiger partial charge in [-0.05, 0) is 32.1 Å². The van der Waals surface area contributed by atoms with E-state index < -0.39 is 0 Å². The Kier molecular flexibility index (Phi) is 5.04. The smallest absolute Gasteiger partial charge is 0.227 e. The largest absolute Gasteiger partial charge is 0.342 e. The second kappa shape index (κ2) is 6.55. The molecule has 0 radical (unpaired) electrons. The molecule has 2 fully saturated rings. The van der Waals surface area contributed by atoms with Crippen LogP contribution in [0.4, 0.5) is 0 Å². The third-order valence-corrected chi connectivity index (χ3v) is 4.49. The highest BCUT2D eigenvalue weighted by molar-refractivity contribution is 5.80. The number of nitrogens with zero attached hydrogens (tertiary/aromatic N) is 1. The quantitative estimate of drug-likeness (QED) is 0.755. The Labute approximate surface area is 111 Å². The van der Waals surface area contributed by atoms with Gasteiger partial charge in [-0.1, -0.05) is 26.7 Å². The van der Waals surface area contributed by atoms with E-state index in [9.17, 15) is 4.79 Å². The summed E-state index contributed by atoms with van der Waals surface area (Å²) in [6, 6.07) is 1.11. The standard InChI is InChI=1S/C15H28N2O/c1-3-5-9-17(10-6-4-2)15(18)13-11-12-7-8-14(13)16-12/h12-14,16H,3-11H2,1-2H3. The van der Waals surface area contributed by atoms with Gasteiger partial charge < -0.3 is 10.2 Å². The molecule has 0 aromatic heterocycles. The molecule has 0 aliphatic carbocycles. The third-order valence-electron chi connectivity index (χ3n) is 4.49. The van der Waals surface area contributed by atoms with Gasteiger partial charge in [0.25, 0.3) is 0 Å². The van der Waals surface area contributed by atoms with Crippen molar-refractivity contribution in [1.29, 1.82) is 0 Å². The summed E-state index contributed by atoms with van der Waals surface area (Å²) in [5.74, 6) is 0.703. The summed E-state index contributed by atoms with van der Waals surface area (Å²) in [7, 11) is 0. The van der Waals surface area contributed by atoms with Gasteiger partial charge in [0.15, 0.2) is 0 Å². The summed E-state index contributed by atoms with van der Waals surface area (Å²) in [5.41, 5.74) is 0. The molecule has 0 spiro atoms. The van der Waals surface area contributed by atoms with Crippen molar-refractivity contribution in [2.75, 3.05) is 13.1 Å². The van der Waals surface area contributed by atoms with E-state index in [1.165, 1.54) is 25.7 Å². The van der Waals surface area contributed by atoms with E-state index >= 15 is 0 Å². The van der Waals surface area contributed by atoms with Crippen LogP contribution in [0.5, 0.6) is 0 Å². The lowest BCUT2D eigenvalue weighted by atomic mass is 9.88. The summed E-state index contributed by atoms with van der Waals surface area (Å²) in [5, 5.41) is 3.58. The minimum absolute atomic E-state index is 0.275. The third kappa shape index (κ3) is 3.05. The van der Waals surface area contributed by atoms with Crippen LogP contribution in [-0.4, -0.2) is 36.0 Å². The topological polar surface area (TPSA) is 32.3 Å². The van der Waals surface area contributed by atoms with E-state index in [0.29, 0.717) is 18.0 Å². The van der Waals surface area contributed by atoms with Crippen LogP contribution in [0.3, 0.4) is 0 Å². The number of rotatable bonds is 7. The zero-order valence-electron chi connectivity index (χ0n) is 12.0. The van der Waals surface area contributed by atoms with Crippen LogP contribution in [0.15, 0.2) is 0 Å². The lowest BCUT2D eigenvalue weighted by molar-refractivity contribution is -0.136. The van der Waals surface area contributed by atoms with Crippen LogP contribution in [0.1, 0.15) is 58.8 Å². The first-order valence-corrected chi connectivity index (χ1v) is 7.81. The number of carbonyl (C=O) groups is 1.